The molecule has 0 aromatic heterocycles. The van der Waals surface area contributed by atoms with Crippen LogP contribution in [-0.2, 0) is 5.60 Å². The van der Waals surface area contributed by atoms with Gasteiger partial charge in [0.2, 0.25) is 0 Å². The summed E-state index contributed by atoms with van der Waals surface area (Å²) in [5, 5.41) is 10.3. The Morgan fingerprint density at radius 3 is 2.40 bits per heavy atom. The van der Waals surface area contributed by atoms with Gasteiger partial charge in [0.05, 0.1) is 5.60 Å². The summed E-state index contributed by atoms with van der Waals surface area (Å²) in [6, 6.07) is 3.90. The maximum Gasteiger partial charge on any atom is 0.164 e. The van der Waals surface area contributed by atoms with Crippen molar-refractivity contribution < 1.29 is 13.9 Å². The van der Waals surface area contributed by atoms with E-state index in [0.717, 1.165) is 6.07 Å². The van der Waals surface area contributed by atoms with Gasteiger partial charge in [-0.25, -0.2) is 8.78 Å². The zero-order chi connectivity index (χ0) is 11.6. The van der Waals surface area contributed by atoms with E-state index >= 15 is 0 Å². The maximum absolute atomic E-state index is 13.5. The lowest BCUT2D eigenvalue weighted by Crippen LogP contribution is -2.32. The van der Waals surface area contributed by atoms with Crippen molar-refractivity contribution in [3.05, 3.63) is 35.4 Å². The second-order valence-corrected chi connectivity index (χ2v) is 4.03. The third-order valence-electron chi connectivity index (χ3n) is 2.91. The molecule has 0 radical (unpaired) electrons. The van der Waals surface area contributed by atoms with Gasteiger partial charge in [-0.1, -0.05) is 32.9 Å². The largest absolute Gasteiger partial charge is 0.385 e. The fraction of sp³-hybridized carbons (Fsp3) is 0.500. The first-order valence-corrected chi connectivity index (χ1v) is 5.10. The smallest absolute Gasteiger partial charge is 0.164 e. The molecule has 0 aliphatic heterocycles. The van der Waals surface area contributed by atoms with Crippen LogP contribution in [0.5, 0.6) is 0 Å². The van der Waals surface area contributed by atoms with E-state index in [0.29, 0.717) is 6.42 Å². The van der Waals surface area contributed by atoms with Gasteiger partial charge in [0.1, 0.15) is 0 Å². The summed E-state index contributed by atoms with van der Waals surface area (Å²) in [6.07, 6.45) is 0.352. The van der Waals surface area contributed by atoms with Crippen LogP contribution in [0.15, 0.2) is 18.2 Å². The van der Waals surface area contributed by atoms with Crippen molar-refractivity contribution in [2.24, 2.45) is 5.92 Å². The first-order chi connectivity index (χ1) is 6.93. The summed E-state index contributed by atoms with van der Waals surface area (Å²) >= 11 is 0. The lowest BCUT2D eigenvalue weighted by molar-refractivity contribution is -0.0176. The predicted octanol–water partition coefficient (Wildman–Crippen LogP) is 3.22. The van der Waals surface area contributed by atoms with Crippen molar-refractivity contribution in [2.75, 3.05) is 0 Å². The molecule has 1 aromatic carbocycles. The summed E-state index contributed by atoms with van der Waals surface area (Å²) in [6.45, 7) is 5.33. The first-order valence-electron chi connectivity index (χ1n) is 5.10. The van der Waals surface area contributed by atoms with Crippen LogP contribution in [-0.4, -0.2) is 5.11 Å². The SMILES string of the molecule is CCC(O)(c1cccc(F)c1F)C(C)C. The molecule has 1 unspecified atom stereocenters. The van der Waals surface area contributed by atoms with Gasteiger partial charge in [-0.3, -0.25) is 0 Å². The van der Waals surface area contributed by atoms with E-state index in [1.807, 2.05) is 0 Å². The third-order valence-corrected chi connectivity index (χ3v) is 2.91. The minimum absolute atomic E-state index is 0.0417. The van der Waals surface area contributed by atoms with Crippen molar-refractivity contribution in [3.8, 4) is 0 Å². The Balaban J connectivity index is 3.30. The Morgan fingerprint density at radius 1 is 1.33 bits per heavy atom. The minimum atomic E-state index is -1.30. The monoisotopic (exact) mass is 214 g/mol. The summed E-state index contributed by atoms with van der Waals surface area (Å²) in [4.78, 5) is 0. The topological polar surface area (TPSA) is 20.2 Å². The molecule has 0 aliphatic rings. The second-order valence-electron chi connectivity index (χ2n) is 4.03. The molecule has 0 fully saturated rings. The van der Waals surface area contributed by atoms with Gasteiger partial charge >= 0.3 is 0 Å². The van der Waals surface area contributed by atoms with Gasteiger partial charge in [-0.2, -0.15) is 0 Å². The Morgan fingerprint density at radius 2 is 1.93 bits per heavy atom. The minimum Gasteiger partial charge on any atom is -0.385 e. The molecule has 1 atom stereocenters. The molecule has 1 aromatic rings. The van der Waals surface area contributed by atoms with Crippen molar-refractivity contribution in [1.82, 2.24) is 0 Å². The fourth-order valence-corrected chi connectivity index (χ4v) is 1.75. The first kappa shape index (κ1) is 12.1. The van der Waals surface area contributed by atoms with E-state index < -0.39 is 17.2 Å². The molecule has 84 valence electrons. The molecule has 0 spiro atoms. The highest BCUT2D eigenvalue weighted by Gasteiger charge is 2.34. The molecule has 15 heavy (non-hydrogen) atoms. The van der Waals surface area contributed by atoms with Gasteiger partial charge in [-0.05, 0) is 18.4 Å². The van der Waals surface area contributed by atoms with E-state index in [-0.39, 0.29) is 11.5 Å². The van der Waals surface area contributed by atoms with E-state index in [9.17, 15) is 13.9 Å². The summed E-state index contributed by atoms with van der Waals surface area (Å²) in [7, 11) is 0. The van der Waals surface area contributed by atoms with Crippen LogP contribution < -0.4 is 0 Å². The number of hydrogen-bond donors (Lipinski definition) is 1. The normalized spacial score (nSPS) is 15.4. The van der Waals surface area contributed by atoms with Crippen LogP contribution in [0.1, 0.15) is 32.8 Å². The molecule has 1 nitrogen and oxygen atoms in total. The maximum atomic E-state index is 13.5. The van der Waals surface area contributed by atoms with Crippen molar-refractivity contribution >= 4 is 0 Å². The Hall–Kier alpha value is -0.960. The van der Waals surface area contributed by atoms with E-state index in [4.69, 9.17) is 0 Å². The highest BCUT2D eigenvalue weighted by Crippen LogP contribution is 2.34. The number of aliphatic hydroxyl groups is 1. The van der Waals surface area contributed by atoms with Crippen LogP contribution in [0, 0.1) is 17.6 Å². The molecule has 0 bridgehead atoms. The molecule has 0 amide bonds. The lowest BCUT2D eigenvalue weighted by Gasteiger charge is -2.31. The molecule has 1 N–H and O–H groups in total. The zero-order valence-corrected chi connectivity index (χ0v) is 9.22. The molecule has 0 saturated heterocycles. The van der Waals surface area contributed by atoms with Gasteiger partial charge in [-0.15, -0.1) is 0 Å². The van der Waals surface area contributed by atoms with Gasteiger partial charge < -0.3 is 5.11 Å². The standard InChI is InChI=1S/C12H16F2O/c1-4-12(15,8(2)3)9-6-5-7-10(13)11(9)14/h5-8,15H,4H2,1-3H3. The molecule has 1 rings (SSSR count). The summed E-state index contributed by atoms with van der Waals surface area (Å²) in [5.74, 6) is -2.03. The van der Waals surface area contributed by atoms with Crippen LogP contribution in [0.4, 0.5) is 8.78 Å². The number of rotatable bonds is 3. The predicted molar refractivity (Wildman–Crippen MR) is 55.4 cm³/mol. The van der Waals surface area contributed by atoms with Crippen LogP contribution in [0.25, 0.3) is 0 Å². The van der Waals surface area contributed by atoms with E-state index in [1.165, 1.54) is 12.1 Å². The Kier molecular flexibility index (Phi) is 3.45. The second kappa shape index (κ2) is 4.27. The Labute approximate surface area is 88.7 Å². The molecule has 0 heterocycles. The van der Waals surface area contributed by atoms with Crippen molar-refractivity contribution in [3.63, 3.8) is 0 Å². The van der Waals surface area contributed by atoms with E-state index in [2.05, 4.69) is 0 Å². The van der Waals surface area contributed by atoms with Gasteiger partial charge in [0.25, 0.3) is 0 Å². The molecule has 3 heteroatoms. The Bertz CT molecular complexity index is 349. The number of benzene rings is 1. The van der Waals surface area contributed by atoms with Gasteiger partial charge in [0.15, 0.2) is 11.6 Å². The number of halogens is 2. The van der Waals surface area contributed by atoms with Gasteiger partial charge in [0, 0.05) is 5.56 Å². The van der Waals surface area contributed by atoms with Crippen LogP contribution in [0.2, 0.25) is 0 Å². The third kappa shape index (κ3) is 2.02. The highest BCUT2D eigenvalue weighted by atomic mass is 19.2. The van der Waals surface area contributed by atoms with Crippen LogP contribution >= 0.6 is 0 Å². The van der Waals surface area contributed by atoms with Crippen molar-refractivity contribution in [2.45, 2.75) is 32.8 Å². The summed E-state index contributed by atoms with van der Waals surface area (Å²) in [5.41, 5.74) is -1.26. The fourth-order valence-electron chi connectivity index (χ4n) is 1.75. The molecular weight excluding hydrogens is 198 g/mol. The average Bonchev–Trinajstić information content (AvgIpc) is 2.20. The quantitative estimate of drug-likeness (QED) is 0.819. The molecular formula is C12H16F2O. The van der Waals surface area contributed by atoms with E-state index in [1.54, 1.807) is 20.8 Å². The number of hydrogen-bond acceptors (Lipinski definition) is 1. The molecule has 0 saturated carbocycles. The average molecular weight is 214 g/mol. The summed E-state index contributed by atoms with van der Waals surface area (Å²) < 4.78 is 26.5. The van der Waals surface area contributed by atoms with Crippen LogP contribution in [0.3, 0.4) is 0 Å². The molecule has 0 aliphatic carbocycles. The highest BCUT2D eigenvalue weighted by molar-refractivity contribution is 5.25. The zero-order valence-electron chi connectivity index (χ0n) is 9.22. The van der Waals surface area contributed by atoms with Crippen molar-refractivity contribution in [1.29, 1.82) is 0 Å². The lowest BCUT2D eigenvalue weighted by atomic mass is 9.81.